The van der Waals surface area contributed by atoms with Crippen molar-refractivity contribution in [3.8, 4) is 0 Å². The maximum Gasteiger partial charge on any atom is 0.0635 e. The molecule has 0 heterocycles. The molecule has 84 valence electrons. The largest absolute Gasteiger partial charge is 0.399 e. The van der Waals surface area contributed by atoms with E-state index in [1.54, 1.807) is 0 Å². The van der Waals surface area contributed by atoms with Crippen molar-refractivity contribution in [3.05, 3.63) is 23.8 Å². The average molecular weight is 208 g/mol. The minimum absolute atomic E-state index is 0.0901. The number of nitrogen functional groups attached to an aromatic ring is 1. The first-order valence-corrected chi connectivity index (χ1v) is 5.28. The van der Waals surface area contributed by atoms with Gasteiger partial charge >= 0.3 is 0 Å². The van der Waals surface area contributed by atoms with Crippen LogP contribution in [0.15, 0.2) is 18.2 Å². The molecule has 0 spiro atoms. The average Bonchev–Trinajstić information content (AvgIpc) is 2.16. The van der Waals surface area contributed by atoms with Gasteiger partial charge in [-0.1, -0.05) is 13.8 Å². The van der Waals surface area contributed by atoms with Crippen LogP contribution in [0.25, 0.3) is 0 Å². The van der Waals surface area contributed by atoms with Gasteiger partial charge in [0.15, 0.2) is 0 Å². The minimum Gasteiger partial charge on any atom is -0.399 e. The Kier molecular flexibility index (Phi) is 3.97. The van der Waals surface area contributed by atoms with Gasteiger partial charge in [0.05, 0.1) is 12.6 Å². The maximum atomic E-state index is 9.22. The zero-order chi connectivity index (χ0) is 11.4. The Hall–Kier alpha value is -1.22. The summed E-state index contributed by atoms with van der Waals surface area (Å²) < 4.78 is 0. The van der Waals surface area contributed by atoms with E-state index in [0.717, 1.165) is 16.9 Å². The van der Waals surface area contributed by atoms with Crippen LogP contribution >= 0.6 is 0 Å². The Morgan fingerprint density at radius 1 is 1.40 bits per heavy atom. The second kappa shape index (κ2) is 5.03. The smallest absolute Gasteiger partial charge is 0.0635 e. The molecule has 3 nitrogen and oxygen atoms in total. The molecule has 0 radical (unpaired) electrons. The number of hydrogen-bond acceptors (Lipinski definition) is 3. The minimum atomic E-state index is 0.0901. The SMILES string of the molecule is Cc1cc(N)ccc1N[C@H](CO)C(C)C. The molecule has 0 bridgehead atoms. The molecule has 0 aliphatic carbocycles. The Bertz CT molecular complexity index is 323. The van der Waals surface area contributed by atoms with Gasteiger partial charge in [-0.3, -0.25) is 0 Å². The number of nitrogens with two attached hydrogens (primary N) is 1. The fourth-order valence-corrected chi connectivity index (χ4v) is 1.47. The molecule has 0 amide bonds. The van der Waals surface area contributed by atoms with E-state index >= 15 is 0 Å². The molecule has 0 fully saturated rings. The summed E-state index contributed by atoms with van der Waals surface area (Å²) in [6.45, 7) is 6.32. The van der Waals surface area contributed by atoms with Gasteiger partial charge in [0.2, 0.25) is 0 Å². The van der Waals surface area contributed by atoms with Crippen molar-refractivity contribution in [1.29, 1.82) is 0 Å². The van der Waals surface area contributed by atoms with E-state index in [1.807, 2.05) is 25.1 Å². The Labute approximate surface area is 91.3 Å². The molecule has 15 heavy (non-hydrogen) atoms. The van der Waals surface area contributed by atoms with E-state index in [2.05, 4.69) is 19.2 Å². The van der Waals surface area contributed by atoms with Crippen molar-refractivity contribution in [2.75, 3.05) is 17.7 Å². The van der Waals surface area contributed by atoms with Gasteiger partial charge in [0.1, 0.15) is 0 Å². The molecule has 0 aliphatic heterocycles. The molecule has 0 saturated heterocycles. The predicted molar refractivity (Wildman–Crippen MR) is 64.9 cm³/mol. The highest BCUT2D eigenvalue weighted by Crippen LogP contribution is 2.20. The predicted octanol–water partition coefficient (Wildman–Crippen LogP) is 2.01. The van der Waals surface area contributed by atoms with Crippen molar-refractivity contribution in [2.45, 2.75) is 26.8 Å². The number of nitrogens with one attached hydrogen (secondary N) is 1. The van der Waals surface area contributed by atoms with E-state index in [0.29, 0.717) is 5.92 Å². The fourth-order valence-electron chi connectivity index (χ4n) is 1.47. The number of aliphatic hydroxyl groups is 1. The standard InChI is InChI=1S/C12H20N2O/c1-8(2)12(7-15)14-11-5-4-10(13)6-9(11)3/h4-6,8,12,14-15H,7,13H2,1-3H3/t12-/m1/s1. The summed E-state index contributed by atoms with van der Waals surface area (Å²) in [7, 11) is 0. The summed E-state index contributed by atoms with van der Waals surface area (Å²) in [4.78, 5) is 0. The first kappa shape index (κ1) is 11.9. The molecule has 0 aliphatic rings. The normalized spacial score (nSPS) is 12.9. The molecule has 1 aromatic rings. The molecule has 4 N–H and O–H groups in total. The summed E-state index contributed by atoms with van der Waals surface area (Å²) in [5, 5.41) is 12.5. The van der Waals surface area contributed by atoms with Crippen LogP contribution in [0, 0.1) is 12.8 Å². The van der Waals surface area contributed by atoms with Gasteiger partial charge in [0, 0.05) is 11.4 Å². The highest BCUT2D eigenvalue weighted by atomic mass is 16.3. The van der Waals surface area contributed by atoms with Crippen molar-refractivity contribution >= 4 is 11.4 Å². The molecule has 0 unspecified atom stereocenters. The third kappa shape index (κ3) is 3.13. The van der Waals surface area contributed by atoms with Gasteiger partial charge < -0.3 is 16.2 Å². The molecule has 1 atom stereocenters. The molecule has 3 heteroatoms. The van der Waals surface area contributed by atoms with Crippen LogP contribution in [0.4, 0.5) is 11.4 Å². The fraction of sp³-hybridized carbons (Fsp3) is 0.500. The van der Waals surface area contributed by atoms with E-state index in [4.69, 9.17) is 5.73 Å². The van der Waals surface area contributed by atoms with Gasteiger partial charge in [-0.2, -0.15) is 0 Å². The van der Waals surface area contributed by atoms with Gasteiger partial charge in [-0.05, 0) is 36.6 Å². The quantitative estimate of drug-likeness (QED) is 0.663. The van der Waals surface area contributed by atoms with Crippen molar-refractivity contribution in [1.82, 2.24) is 0 Å². The summed E-state index contributed by atoms with van der Waals surface area (Å²) in [6.07, 6.45) is 0. The van der Waals surface area contributed by atoms with E-state index in [9.17, 15) is 5.11 Å². The summed E-state index contributed by atoms with van der Waals surface area (Å²) in [6, 6.07) is 5.84. The lowest BCUT2D eigenvalue weighted by atomic mass is 10.0. The van der Waals surface area contributed by atoms with Gasteiger partial charge in [0.25, 0.3) is 0 Å². The van der Waals surface area contributed by atoms with Crippen LogP contribution in [0.5, 0.6) is 0 Å². The van der Waals surface area contributed by atoms with Crippen molar-refractivity contribution < 1.29 is 5.11 Å². The second-order valence-corrected chi connectivity index (χ2v) is 4.25. The monoisotopic (exact) mass is 208 g/mol. The summed E-state index contributed by atoms with van der Waals surface area (Å²) >= 11 is 0. The Morgan fingerprint density at radius 2 is 2.07 bits per heavy atom. The lowest BCUT2D eigenvalue weighted by molar-refractivity contribution is 0.249. The highest BCUT2D eigenvalue weighted by molar-refractivity contribution is 5.57. The number of benzene rings is 1. The van der Waals surface area contributed by atoms with Crippen LogP contribution in [0.3, 0.4) is 0 Å². The lowest BCUT2D eigenvalue weighted by Gasteiger charge is -2.22. The topological polar surface area (TPSA) is 58.3 Å². The molecule has 0 aromatic heterocycles. The van der Waals surface area contributed by atoms with Crippen LogP contribution in [0.2, 0.25) is 0 Å². The molecule has 1 aromatic carbocycles. The number of rotatable bonds is 4. The van der Waals surface area contributed by atoms with Crippen molar-refractivity contribution in [2.24, 2.45) is 5.92 Å². The zero-order valence-electron chi connectivity index (χ0n) is 9.62. The third-order valence-corrected chi connectivity index (χ3v) is 2.59. The summed E-state index contributed by atoms with van der Waals surface area (Å²) in [5.41, 5.74) is 8.58. The van der Waals surface area contributed by atoms with Gasteiger partial charge in [-0.25, -0.2) is 0 Å². The van der Waals surface area contributed by atoms with E-state index < -0.39 is 0 Å². The number of aryl methyl sites for hydroxylation is 1. The first-order valence-electron chi connectivity index (χ1n) is 5.28. The van der Waals surface area contributed by atoms with Crippen LogP contribution in [-0.4, -0.2) is 17.8 Å². The van der Waals surface area contributed by atoms with E-state index in [1.165, 1.54) is 0 Å². The maximum absolute atomic E-state index is 9.22. The molecular weight excluding hydrogens is 188 g/mol. The molecule has 0 saturated carbocycles. The van der Waals surface area contributed by atoms with Crippen LogP contribution < -0.4 is 11.1 Å². The third-order valence-electron chi connectivity index (χ3n) is 2.59. The van der Waals surface area contributed by atoms with Gasteiger partial charge in [-0.15, -0.1) is 0 Å². The molecular formula is C12H20N2O. The number of hydrogen-bond donors (Lipinski definition) is 3. The van der Waals surface area contributed by atoms with Crippen LogP contribution in [0.1, 0.15) is 19.4 Å². The summed E-state index contributed by atoms with van der Waals surface area (Å²) in [5.74, 6) is 0.395. The number of anilines is 2. The lowest BCUT2D eigenvalue weighted by Crippen LogP contribution is -2.29. The Morgan fingerprint density at radius 3 is 2.53 bits per heavy atom. The number of aliphatic hydroxyl groups excluding tert-OH is 1. The zero-order valence-corrected chi connectivity index (χ0v) is 9.62. The van der Waals surface area contributed by atoms with Crippen molar-refractivity contribution in [3.63, 3.8) is 0 Å². The first-order chi connectivity index (χ1) is 7.04. The molecule has 1 rings (SSSR count). The van der Waals surface area contributed by atoms with Crippen LogP contribution in [-0.2, 0) is 0 Å². The van der Waals surface area contributed by atoms with E-state index in [-0.39, 0.29) is 12.6 Å². The Balaban J connectivity index is 2.79. The second-order valence-electron chi connectivity index (χ2n) is 4.25. The highest BCUT2D eigenvalue weighted by Gasteiger charge is 2.12.